The Hall–Kier alpha value is -3.39. The van der Waals surface area contributed by atoms with Crippen molar-refractivity contribution in [3.05, 3.63) is 75.1 Å². The Balaban J connectivity index is 1.70. The fourth-order valence-electron chi connectivity index (χ4n) is 3.95. The van der Waals surface area contributed by atoms with Crippen LogP contribution >= 0.6 is 11.8 Å². The molecule has 0 unspecified atom stereocenters. The molecule has 7 nitrogen and oxygen atoms in total. The number of thioether (sulfide) groups is 1. The molecule has 0 aliphatic rings. The van der Waals surface area contributed by atoms with Crippen molar-refractivity contribution < 1.29 is 4.79 Å². The van der Waals surface area contributed by atoms with Crippen LogP contribution < -0.4 is 16.6 Å². The molecular formula is C25H26N4O3S. The van der Waals surface area contributed by atoms with Crippen LogP contribution in [-0.4, -0.2) is 25.8 Å². The van der Waals surface area contributed by atoms with Crippen LogP contribution in [0.5, 0.6) is 0 Å². The summed E-state index contributed by atoms with van der Waals surface area (Å²) in [6.45, 7) is 4.18. The zero-order valence-corrected chi connectivity index (χ0v) is 19.9. The summed E-state index contributed by atoms with van der Waals surface area (Å²) in [4.78, 5) is 43.4. The first-order valence-corrected chi connectivity index (χ1v) is 11.7. The van der Waals surface area contributed by atoms with Gasteiger partial charge in [0, 0.05) is 36.3 Å². The van der Waals surface area contributed by atoms with Gasteiger partial charge < -0.3 is 5.32 Å². The fourth-order valence-corrected chi connectivity index (χ4v) is 4.94. The Morgan fingerprint density at radius 3 is 2.55 bits per heavy atom. The summed E-state index contributed by atoms with van der Waals surface area (Å²) < 4.78 is 2.46. The van der Waals surface area contributed by atoms with E-state index in [1.165, 1.54) is 23.4 Å². The Kier molecular flexibility index (Phi) is 6.37. The van der Waals surface area contributed by atoms with Gasteiger partial charge in [-0.15, -0.1) is 11.8 Å². The largest absolute Gasteiger partial charge is 0.332 e. The second-order valence-corrected chi connectivity index (χ2v) is 9.46. The molecule has 2 aromatic carbocycles. The number of nitrogens with one attached hydrogen (secondary N) is 1. The van der Waals surface area contributed by atoms with Gasteiger partial charge >= 0.3 is 5.69 Å². The van der Waals surface area contributed by atoms with Crippen molar-refractivity contribution in [2.45, 2.75) is 25.2 Å². The molecule has 1 N–H and O–H groups in total. The van der Waals surface area contributed by atoms with Crippen molar-refractivity contribution in [1.29, 1.82) is 0 Å². The van der Waals surface area contributed by atoms with E-state index in [2.05, 4.69) is 24.1 Å². The van der Waals surface area contributed by atoms with E-state index in [0.29, 0.717) is 28.3 Å². The molecule has 33 heavy (non-hydrogen) atoms. The SMILES string of the molecule is CC(C)Cc1cnc2c(c1SCC(=O)Nc1cccc3ccccc13)c(=O)n(C)c(=O)n2C. The molecule has 0 bridgehead atoms. The highest BCUT2D eigenvalue weighted by atomic mass is 32.2. The van der Waals surface area contributed by atoms with E-state index in [1.807, 2.05) is 42.5 Å². The van der Waals surface area contributed by atoms with Crippen LogP contribution in [0.1, 0.15) is 19.4 Å². The predicted octanol–water partition coefficient (Wildman–Crippen LogP) is 3.71. The van der Waals surface area contributed by atoms with E-state index in [1.54, 1.807) is 13.2 Å². The number of benzene rings is 2. The first-order chi connectivity index (χ1) is 15.8. The van der Waals surface area contributed by atoms with Crippen LogP contribution in [0, 0.1) is 5.92 Å². The molecule has 0 aliphatic carbocycles. The third-order valence-electron chi connectivity index (χ3n) is 5.53. The van der Waals surface area contributed by atoms with Crippen molar-refractivity contribution >= 4 is 45.2 Å². The van der Waals surface area contributed by atoms with Gasteiger partial charge in [-0.1, -0.05) is 50.2 Å². The number of hydrogen-bond donors (Lipinski definition) is 1. The average molecular weight is 463 g/mol. The van der Waals surface area contributed by atoms with Crippen LogP contribution in [0.15, 0.2) is 63.1 Å². The molecule has 0 aliphatic heterocycles. The molecule has 0 fully saturated rings. The Bertz CT molecular complexity index is 1480. The first-order valence-electron chi connectivity index (χ1n) is 10.8. The molecule has 8 heteroatoms. The van der Waals surface area contributed by atoms with Gasteiger partial charge in [-0.25, -0.2) is 9.78 Å². The van der Waals surface area contributed by atoms with E-state index in [9.17, 15) is 14.4 Å². The number of nitrogens with zero attached hydrogens (tertiary/aromatic N) is 3. The van der Waals surface area contributed by atoms with E-state index in [4.69, 9.17) is 0 Å². The number of amides is 1. The fraction of sp³-hybridized carbons (Fsp3) is 0.280. The van der Waals surface area contributed by atoms with Crippen molar-refractivity contribution in [3.8, 4) is 0 Å². The molecule has 4 rings (SSSR count). The number of fused-ring (bicyclic) bond motifs is 2. The predicted molar refractivity (Wildman–Crippen MR) is 134 cm³/mol. The number of hydrogen-bond acceptors (Lipinski definition) is 5. The van der Waals surface area contributed by atoms with Gasteiger partial charge in [0.2, 0.25) is 5.91 Å². The van der Waals surface area contributed by atoms with Crippen molar-refractivity contribution in [1.82, 2.24) is 14.1 Å². The maximum atomic E-state index is 13.0. The minimum atomic E-state index is -0.429. The smallest absolute Gasteiger partial charge is 0.325 e. The topological polar surface area (TPSA) is 86.0 Å². The Morgan fingerprint density at radius 2 is 1.79 bits per heavy atom. The summed E-state index contributed by atoms with van der Waals surface area (Å²) in [5.41, 5.74) is 1.15. The lowest BCUT2D eigenvalue weighted by Gasteiger charge is -2.15. The second-order valence-electron chi connectivity index (χ2n) is 8.48. The number of pyridine rings is 1. The van der Waals surface area contributed by atoms with Crippen molar-refractivity contribution in [3.63, 3.8) is 0 Å². The van der Waals surface area contributed by atoms with Crippen LogP contribution in [0.2, 0.25) is 0 Å². The molecule has 2 aromatic heterocycles. The van der Waals surface area contributed by atoms with Gasteiger partial charge in [-0.3, -0.25) is 18.7 Å². The van der Waals surface area contributed by atoms with Crippen molar-refractivity contribution in [2.24, 2.45) is 20.0 Å². The summed E-state index contributed by atoms with van der Waals surface area (Å²) in [6, 6.07) is 13.7. The van der Waals surface area contributed by atoms with Gasteiger partial charge in [0.05, 0.1) is 11.1 Å². The summed E-state index contributed by atoms with van der Waals surface area (Å²) >= 11 is 1.31. The molecular weight excluding hydrogens is 436 g/mol. The third kappa shape index (κ3) is 4.43. The summed E-state index contributed by atoms with van der Waals surface area (Å²) in [5.74, 6) is 0.294. The zero-order valence-electron chi connectivity index (χ0n) is 19.1. The molecule has 4 aromatic rings. The van der Waals surface area contributed by atoms with E-state index < -0.39 is 11.2 Å². The van der Waals surface area contributed by atoms with Gasteiger partial charge in [0.1, 0.15) is 5.65 Å². The minimum absolute atomic E-state index is 0.124. The molecule has 2 heterocycles. The van der Waals surface area contributed by atoms with Crippen LogP contribution in [0.3, 0.4) is 0 Å². The molecule has 1 amide bonds. The lowest BCUT2D eigenvalue weighted by Crippen LogP contribution is -2.37. The molecule has 0 spiro atoms. The van der Waals surface area contributed by atoms with Gasteiger partial charge in [-0.05, 0) is 29.4 Å². The molecule has 0 saturated heterocycles. The van der Waals surface area contributed by atoms with E-state index in [0.717, 1.165) is 26.6 Å². The van der Waals surface area contributed by atoms with Gasteiger partial charge in [0.25, 0.3) is 5.56 Å². The third-order valence-corrected chi connectivity index (χ3v) is 6.70. The summed E-state index contributed by atoms with van der Waals surface area (Å²) in [7, 11) is 3.06. The number of carbonyl (C=O) groups is 1. The maximum Gasteiger partial charge on any atom is 0.332 e. The Labute approximate surface area is 195 Å². The highest BCUT2D eigenvalue weighted by Crippen LogP contribution is 2.30. The second kappa shape index (κ2) is 9.23. The van der Waals surface area contributed by atoms with Gasteiger partial charge in [-0.2, -0.15) is 0 Å². The number of aromatic nitrogens is 3. The van der Waals surface area contributed by atoms with E-state index >= 15 is 0 Å². The lowest BCUT2D eigenvalue weighted by molar-refractivity contribution is -0.113. The standard InChI is InChI=1S/C25H26N4O3S/c1-15(2)12-17-13-26-23-21(24(31)29(4)25(32)28(23)3)22(17)33-14-20(30)27-19-11-7-9-16-8-5-6-10-18(16)19/h5-11,13,15H,12,14H2,1-4H3,(H,27,30). The van der Waals surface area contributed by atoms with E-state index in [-0.39, 0.29) is 11.7 Å². The average Bonchev–Trinajstić information content (AvgIpc) is 2.80. The summed E-state index contributed by atoms with van der Waals surface area (Å²) in [6.07, 6.45) is 2.42. The van der Waals surface area contributed by atoms with Crippen LogP contribution in [-0.2, 0) is 25.3 Å². The highest BCUT2D eigenvalue weighted by Gasteiger charge is 2.19. The van der Waals surface area contributed by atoms with Crippen molar-refractivity contribution in [2.75, 3.05) is 11.1 Å². The zero-order chi connectivity index (χ0) is 23.7. The Morgan fingerprint density at radius 1 is 1.06 bits per heavy atom. The van der Waals surface area contributed by atoms with Crippen LogP contribution in [0.25, 0.3) is 21.8 Å². The van der Waals surface area contributed by atoms with Gasteiger partial charge in [0.15, 0.2) is 0 Å². The quantitative estimate of drug-likeness (QED) is 0.442. The number of anilines is 1. The normalized spacial score (nSPS) is 11.4. The monoisotopic (exact) mass is 462 g/mol. The highest BCUT2D eigenvalue weighted by molar-refractivity contribution is 8.00. The first kappa shape index (κ1) is 22.8. The van der Waals surface area contributed by atoms with Crippen LogP contribution in [0.4, 0.5) is 5.69 Å². The summed E-state index contributed by atoms with van der Waals surface area (Å²) in [5, 5.41) is 5.39. The number of carbonyl (C=O) groups excluding carboxylic acids is 1. The molecule has 0 atom stereocenters. The number of rotatable bonds is 6. The molecule has 0 saturated carbocycles. The molecule has 0 radical (unpaired) electrons. The lowest BCUT2D eigenvalue weighted by atomic mass is 10.0. The minimum Gasteiger partial charge on any atom is -0.325 e. The maximum absolute atomic E-state index is 13.0. The molecule has 170 valence electrons. The number of aryl methyl sites for hydroxylation is 1.